The highest BCUT2D eigenvalue weighted by atomic mass is 16.3. The molecule has 0 aliphatic rings. The lowest BCUT2D eigenvalue weighted by Crippen LogP contribution is -2.25. The van der Waals surface area contributed by atoms with Crippen LogP contribution in [0.2, 0.25) is 0 Å². The summed E-state index contributed by atoms with van der Waals surface area (Å²) in [6.07, 6.45) is 5.39. The fourth-order valence-corrected chi connectivity index (χ4v) is 1.52. The summed E-state index contributed by atoms with van der Waals surface area (Å²) in [6, 6.07) is 0. The molecule has 0 bridgehead atoms. The number of allylic oxidation sites excluding steroid dienone is 1. The molecule has 0 fully saturated rings. The number of rotatable bonds is 9. The highest BCUT2D eigenvalue weighted by molar-refractivity contribution is 5.28. The summed E-state index contributed by atoms with van der Waals surface area (Å²) < 4.78 is 0. The van der Waals surface area contributed by atoms with Crippen molar-refractivity contribution in [2.75, 3.05) is 0 Å². The van der Waals surface area contributed by atoms with Crippen molar-refractivity contribution >= 4 is 0 Å². The Morgan fingerprint density at radius 1 is 0.950 bits per heavy atom. The van der Waals surface area contributed by atoms with Gasteiger partial charge in [0.2, 0.25) is 0 Å². The number of unbranched alkanes of at least 4 members (excludes halogenated alkanes) is 3. The topological polar surface area (TPSA) is 60.7 Å². The van der Waals surface area contributed by atoms with E-state index < -0.39 is 18.3 Å². The summed E-state index contributed by atoms with van der Waals surface area (Å²) in [7, 11) is 0. The van der Waals surface area contributed by atoms with Crippen molar-refractivity contribution in [2.24, 2.45) is 0 Å². The minimum Gasteiger partial charge on any atom is -0.390 e. The highest BCUT2D eigenvalue weighted by Gasteiger charge is 2.14. The Kier molecular flexibility index (Phi) is 11.6. The fourth-order valence-electron chi connectivity index (χ4n) is 1.52. The Hall–Kier alpha value is -1.52. The Morgan fingerprint density at radius 2 is 1.70 bits per heavy atom. The number of hydrogen-bond acceptors (Lipinski definition) is 3. The molecule has 0 heterocycles. The van der Waals surface area contributed by atoms with Gasteiger partial charge in [-0.3, -0.25) is 0 Å². The van der Waals surface area contributed by atoms with Gasteiger partial charge in [-0.1, -0.05) is 43.4 Å². The van der Waals surface area contributed by atoms with Gasteiger partial charge in [0.05, 0.1) is 12.2 Å². The third-order valence-electron chi connectivity index (χ3n) is 2.76. The first-order chi connectivity index (χ1) is 9.61. The van der Waals surface area contributed by atoms with E-state index in [9.17, 15) is 10.2 Å². The van der Waals surface area contributed by atoms with Crippen LogP contribution < -0.4 is 0 Å². The van der Waals surface area contributed by atoms with Crippen molar-refractivity contribution in [1.82, 2.24) is 0 Å². The fraction of sp³-hybridized carbons (Fsp3) is 0.529. The Bertz CT molecular complexity index is 392. The van der Waals surface area contributed by atoms with Gasteiger partial charge < -0.3 is 15.3 Å². The maximum absolute atomic E-state index is 9.73. The summed E-state index contributed by atoms with van der Waals surface area (Å²) in [5.41, 5.74) is 0. The number of aliphatic hydroxyl groups is 3. The van der Waals surface area contributed by atoms with Crippen LogP contribution in [0.1, 0.15) is 38.5 Å². The predicted octanol–water partition coefficient (Wildman–Crippen LogP) is 1.79. The highest BCUT2D eigenvalue weighted by Crippen LogP contribution is 2.10. The number of hydrogen-bond donors (Lipinski definition) is 3. The molecular weight excluding hydrogens is 252 g/mol. The van der Waals surface area contributed by atoms with Gasteiger partial charge in [-0.15, -0.1) is 6.58 Å². The normalized spacial score (nSPS) is 13.9. The van der Waals surface area contributed by atoms with E-state index in [0.717, 1.165) is 25.7 Å². The van der Waals surface area contributed by atoms with Crippen LogP contribution in [0.25, 0.3) is 0 Å². The molecule has 110 valence electrons. The van der Waals surface area contributed by atoms with E-state index in [1.807, 2.05) is 6.08 Å². The third kappa shape index (κ3) is 10.4. The van der Waals surface area contributed by atoms with Crippen molar-refractivity contribution in [3.8, 4) is 23.7 Å². The average Bonchev–Trinajstić information content (AvgIpc) is 2.45. The second-order valence-corrected chi connectivity index (χ2v) is 4.52. The summed E-state index contributed by atoms with van der Waals surface area (Å²) in [5.74, 6) is 10.1. The van der Waals surface area contributed by atoms with E-state index in [0.29, 0.717) is 6.42 Å². The lowest BCUT2D eigenvalue weighted by Gasteiger charge is -2.15. The predicted molar refractivity (Wildman–Crippen MR) is 81.7 cm³/mol. The van der Waals surface area contributed by atoms with Crippen LogP contribution in [0.3, 0.4) is 0 Å². The molecule has 0 spiro atoms. The van der Waals surface area contributed by atoms with Crippen molar-refractivity contribution in [3.05, 3.63) is 25.3 Å². The SMILES string of the molecule is C=CCCCCC[C@@H](O)[C@H](O)CC#CC#C[C@@H](O)C=C. The largest absolute Gasteiger partial charge is 0.390 e. The van der Waals surface area contributed by atoms with Crippen LogP contribution in [0.4, 0.5) is 0 Å². The molecule has 0 aromatic heterocycles. The molecule has 0 aliphatic carbocycles. The van der Waals surface area contributed by atoms with Gasteiger partial charge in [0.15, 0.2) is 0 Å². The maximum atomic E-state index is 9.73. The van der Waals surface area contributed by atoms with E-state index in [1.54, 1.807) is 0 Å². The molecule has 3 N–H and O–H groups in total. The van der Waals surface area contributed by atoms with Gasteiger partial charge in [-0.25, -0.2) is 0 Å². The van der Waals surface area contributed by atoms with Crippen LogP contribution in [-0.2, 0) is 0 Å². The molecule has 0 amide bonds. The Morgan fingerprint density at radius 3 is 2.35 bits per heavy atom. The maximum Gasteiger partial charge on any atom is 0.134 e. The third-order valence-corrected chi connectivity index (χ3v) is 2.76. The number of aliphatic hydroxyl groups excluding tert-OH is 3. The van der Waals surface area contributed by atoms with Gasteiger partial charge in [0.1, 0.15) is 6.10 Å². The smallest absolute Gasteiger partial charge is 0.134 e. The van der Waals surface area contributed by atoms with E-state index in [-0.39, 0.29) is 6.42 Å². The van der Waals surface area contributed by atoms with Gasteiger partial charge >= 0.3 is 0 Å². The molecule has 0 aromatic carbocycles. The van der Waals surface area contributed by atoms with E-state index >= 15 is 0 Å². The zero-order chi connectivity index (χ0) is 15.2. The first-order valence-electron chi connectivity index (χ1n) is 6.87. The van der Waals surface area contributed by atoms with Crippen molar-refractivity contribution in [2.45, 2.75) is 56.8 Å². The standard InChI is InChI=1S/C17H24O3/c1-3-5-6-7-10-13-16(19)17(20)14-11-8-9-12-15(18)4-2/h3-4,15-20H,1-2,5-7,10,13-14H2/t15-,16+,17+/m0/s1. The summed E-state index contributed by atoms with van der Waals surface area (Å²) in [4.78, 5) is 0. The lowest BCUT2D eigenvalue weighted by molar-refractivity contribution is 0.0165. The molecule has 20 heavy (non-hydrogen) atoms. The lowest BCUT2D eigenvalue weighted by atomic mass is 10.0. The molecule has 0 aromatic rings. The first kappa shape index (κ1) is 18.5. The summed E-state index contributed by atoms with van der Waals surface area (Å²) >= 11 is 0. The monoisotopic (exact) mass is 276 g/mol. The van der Waals surface area contributed by atoms with Gasteiger partial charge in [-0.2, -0.15) is 0 Å². The van der Waals surface area contributed by atoms with Crippen LogP contribution in [-0.4, -0.2) is 33.6 Å². The van der Waals surface area contributed by atoms with Crippen molar-refractivity contribution in [3.63, 3.8) is 0 Å². The van der Waals surface area contributed by atoms with Crippen molar-refractivity contribution in [1.29, 1.82) is 0 Å². The minimum absolute atomic E-state index is 0.173. The van der Waals surface area contributed by atoms with Crippen LogP contribution in [0.5, 0.6) is 0 Å². The molecule has 0 saturated heterocycles. The molecule has 3 atom stereocenters. The Balaban J connectivity index is 3.86. The molecule has 3 nitrogen and oxygen atoms in total. The summed E-state index contributed by atoms with van der Waals surface area (Å²) in [5, 5.41) is 28.5. The van der Waals surface area contributed by atoms with Crippen LogP contribution in [0, 0.1) is 23.7 Å². The van der Waals surface area contributed by atoms with Gasteiger partial charge in [0.25, 0.3) is 0 Å². The first-order valence-corrected chi connectivity index (χ1v) is 6.87. The van der Waals surface area contributed by atoms with Gasteiger partial charge in [-0.05, 0) is 31.1 Å². The quantitative estimate of drug-likeness (QED) is 0.342. The molecule has 0 aliphatic heterocycles. The molecule has 0 radical (unpaired) electrons. The Labute approximate surface area is 122 Å². The molecule has 0 rings (SSSR count). The average molecular weight is 276 g/mol. The molecular formula is C17H24O3. The second-order valence-electron chi connectivity index (χ2n) is 4.52. The second kappa shape index (κ2) is 12.5. The zero-order valence-corrected chi connectivity index (χ0v) is 11.9. The van der Waals surface area contributed by atoms with Crippen LogP contribution in [0.15, 0.2) is 25.3 Å². The molecule has 0 unspecified atom stereocenters. The van der Waals surface area contributed by atoms with Crippen molar-refractivity contribution < 1.29 is 15.3 Å². The van der Waals surface area contributed by atoms with Gasteiger partial charge in [0, 0.05) is 6.42 Å². The summed E-state index contributed by atoms with van der Waals surface area (Å²) in [6.45, 7) is 7.03. The molecule has 3 heteroatoms. The molecule has 0 saturated carbocycles. The van der Waals surface area contributed by atoms with E-state index in [2.05, 4.69) is 36.8 Å². The van der Waals surface area contributed by atoms with E-state index in [4.69, 9.17) is 5.11 Å². The van der Waals surface area contributed by atoms with Crippen LogP contribution >= 0.6 is 0 Å². The zero-order valence-electron chi connectivity index (χ0n) is 11.9. The minimum atomic E-state index is -0.879. The van der Waals surface area contributed by atoms with E-state index in [1.165, 1.54) is 6.08 Å².